The van der Waals surface area contributed by atoms with Crippen LogP contribution >= 0.6 is 11.3 Å². The first-order chi connectivity index (χ1) is 10.6. The highest BCUT2D eigenvalue weighted by atomic mass is 32.2. The number of benzene rings is 1. The molecule has 0 unspecified atom stereocenters. The van der Waals surface area contributed by atoms with Crippen molar-refractivity contribution in [2.24, 2.45) is 0 Å². The Morgan fingerprint density at radius 2 is 2.00 bits per heavy atom. The number of para-hydroxylation sites is 1. The monoisotopic (exact) mass is 335 g/mol. The topological polar surface area (TPSA) is 55.4 Å². The summed E-state index contributed by atoms with van der Waals surface area (Å²) in [5.74, 6) is 6.38. The first-order valence-electron chi connectivity index (χ1n) is 6.77. The maximum atomic E-state index is 12.1. The van der Waals surface area contributed by atoms with E-state index in [0.717, 1.165) is 16.9 Å². The van der Waals surface area contributed by atoms with Crippen molar-refractivity contribution < 1.29 is 13.2 Å². The third-order valence-corrected chi connectivity index (χ3v) is 6.05. The van der Waals surface area contributed by atoms with Crippen molar-refractivity contribution in [1.29, 1.82) is 0 Å². The van der Waals surface area contributed by atoms with E-state index >= 15 is 0 Å². The molecule has 1 N–H and O–H groups in total. The SMILES string of the molecule is CCc1ccc(S(=O)(=O)NCC#Cc2ccccc2OC)s1. The number of aryl methyl sites for hydroxylation is 1. The largest absolute Gasteiger partial charge is 0.495 e. The van der Waals surface area contributed by atoms with Crippen LogP contribution in [0.5, 0.6) is 5.75 Å². The number of hydrogen-bond donors (Lipinski definition) is 1. The number of thiophene rings is 1. The molecule has 1 aromatic heterocycles. The van der Waals surface area contributed by atoms with E-state index in [0.29, 0.717) is 9.96 Å². The van der Waals surface area contributed by atoms with Gasteiger partial charge in [-0.2, -0.15) is 4.72 Å². The summed E-state index contributed by atoms with van der Waals surface area (Å²) in [6.07, 6.45) is 0.827. The van der Waals surface area contributed by atoms with Gasteiger partial charge in [0, 0.05) is 4.88 Å². The molecule has 0 aliphatic carbocycles. The Hall–Kier alpha value is -1.81. The lowest BCUT2D eigenvalue weighted by Crippen LogP contribution is -2.23. The van der Waals surface area contributed by atoms with Crippen LogP contribution in [0.4, 0.5) is 0 Å². The second-order valence-electron chi connectivity index (χ2n) is 4.40. The van der Waals surface area contributed by atoms with Gasteiger partial charge in [0.2, 0.25) is 0 Å². The summed E-state index contributed by atoms with van der Waals surface area (Å²) < 4.78 is 32.2. The van der Waals surface area contributed by atoms with Crippen LogP contribution in [-0.2, 0) is 16.4 Å². The van der Waals surface area contributed by atoms with Gasteiger partial charge in [-0.15, -0.1) is 11.3 Å². The fraction of sp³-hybridized carbons (Fsp3) is 0.250. The van der Waals surface area contributed by atoms with Gasteiger partial charge >= 0.3 is 0 Å². The molecule has 1 heterocycles. The highest BCUT2D eigenvalue weighted by Crippen LogP contribution is 2.21. The van der Waals surface area contributed by atoms with E-state index < -0.39 is 10.0 Å². The van der Waals surface area contributed by atoms with Crippen molar-refractivity contribution >= 4 is 21.4 Å². The number of nitrogens with one attached hydrogen (secondary N) is 1. The Bertz CT molecular complexity index is 798. The highest BCUT2D eigenvalue weighted by Gasteiger charge is 2.15. The molecule has 0 saturated heterocycles. The van der Waals surface area contributed by atoms with Gasteiger partial charge in [0.05, 0.1) is 19.2 Å². The van der Waals surface area contributed by atoms with Crippen LogP contribution in [0, 0.1) is 11.8 Å². The minimum Gasteiger partial charge on any atom is -0.495 e. The maximum Gasteiger partial charge on any atom is 0.250 e. The lowest BCUT2D eigenvalue weighted by molar-refractivity contribution is 0.413. The Morgan fingerprint density at radius 3 is 2.68 bits per heavy atom. The number of sulfonamides is 1. The lowest BCUT2D eigenvalue weighted by Gasteiger charge is -2.01. The van der Waals surface area contributed by atoms with Crippen molar-refractivity contribution in [3.8, 4) is 17.6 Å². The molecular formula is C16H17NO3S2. The summed E-state index contributed by atoms with van der Waals surface area (Å²) in [4.78, 5) is 1.04. The van der Waals surface area contributed by atoms with Crippen molar-refractivity contribution in [3.05, 3.63) is 46.8 Å². The zero-order valence-corrected chi connectivity index (χ0v) is 14.1. The van der Waals surface area contributed by atoms with E-state index in [1.54, 1.807) is 13.2 Å². The quantitative estimate of drug-likeness (QED) is 0.855. The molecule has 4 nitrogen and oxygen atoms in total. The average molecular weight is 335 g/mol. The predicted molar refractivity (Wildman–Crippen MR) is 88.8 cm³/mol. The minimum atomic E-state index is -3.48. The van der Waals surface area contributed by atoms with Gasteiger partial charge in [-0.3, -0.25) is 0 Å². The van der Waals surface area contributed by atoms with Gasteiger partial charge in [-0.25, -0.2) is 8.42 Å². The minimum absolute atomic E-state index is 0.0553. The fourth-order valence-electron chi connectivity index (χ4n) is 1.78. The van der Waals surface area contributed by atoms with Gasteiger partial charge in [-0.1, -0.05) is 30.9 Å². The number of hydrogen-bond acceptors (Lipinski definition) is 4. The van der Waals surface area contributed by atoms with E-state index in [4.69, 9.17) is 4.74 Å². The third kappa shape index (κ3) is 4.10. The van der Waals surface area contributed by atoms with Crippen LogP contribution in [-0.4, -0.2) is 22.1 Å². The molecular weight excluding hydrogens is 318 g/mol. The van der Waals surface area contributed by atoms with E-state index in [-0.39, 0.29) is 6.54 Å². The molecule has 0 radical (unpaired) electrons. The summed E-state index contributed by atoms with van der Waals surface area (Å²) >= 11 is 1.28. The first-order valence-corrected chi connectivity index (χ1v) is 9.07. The average Bonchev–Trinajstić information content (AvgIpc) is 3.02. The van der Waals surface area contributed by atoms with Gasteiger partial charge in [0.25, 0.3) is 10.0 Å². The Labute approximate surface area is 135 Å². The number of methoxy groups -OCH3 is 1. The Balaban J connectivity index is 2.03. The second kappa shape index (κ2) is 7.45. The molecule has 0 fully saturated rings. The van der Waals surface area contributed by atoms with Crippen LogP contribution in [0.25, 0.3) is 0 Å². The van der Waals surface area contributed by atoms with Crippen molar-refractivity contribution in [3.63, 3.8) is 0 Å². The summed E-state index contributed by atoms with van der Waals surface area (Å²) in [7, 11) is -1.91. The fourth-order valence-corrected chi connectivity index (χ4v) is 4.05. The maximum absolute atomic E-state index is 12.1. The van der Waals surface area contributed by atoms with E-state index in [1.807, 2.05) is 37.3 Å². The zero-order valence-electron chi connectivity index (χ0n) is 12.4. The highest BCUT2D eigenvalue weighted by molar-refractivity contribution is 7.91. The molecule has 0 aliphatic heterocycles. The molecule has 0 spiro atoms. The van der Waals surface area contributed by atoms with E-state index in [9.17, 15) is 8.42 Å². The molecule has 2 rings (SSSR count). The van der Waals surface area contributed by atoms with Crippen molar-refractivity contribution in [2.75, 3.05) is 13.7 Å². The molecule has 0 bridgehead atoms. The van der Waals surface area contributed by atoms with Crippen LogP contribution in [0.1, 0.15) is 17.4 Å². The van der Waals surface area contributed by atoms with Crippen LogP contribution in [0.2, 0.25) is 0 Å². The third-order valence-electron chi connectivity index (χ3n) is 2.93. The zero-order chi connectivity index (χ0) is 16.0. The predicted octanol–water partition coefficient (Wildman–Crippen LogP) is 2.65. The van der Waals surface area contributed by atoms with Crippen LogP contribution in [0.15, 0.2) is 40.6 Å². The molecule has 0 amide bonds. The van der Waals surface area contributed by atoms with E-state index in [1.165, 1.54) is 11.3 Å². The standard InChI is InChI=1S/C16H17NO3S2/c1-3-14-10-11-16(21-14)22(18,19)17-12-6-8-13-7-4-5-9-15(13)20-2/h4-5,7,9-11,17H,3,12H2,1-2H3. The summed E-state index contributed by atoms with van der Waals surface area (Å²) in [6, 6.07) is 10.8. The Morgan fingerprint density at radius 1 is 1.23 bits per heavy atom. The molecule has 116 valence electrons. The molecule has 6 heteroatoms. The Kier molecular flexibility index (Phi) is 5.61. The number of ether oxygens (including phenoxy) is 1. The molecule has 1 aromatic carbocycles. The van der Waals surface area contributed by atoms with Gasteiger partial charge < -0.3 is 4.74 Å². The second-order valence-corrected chi connectivity index (χ2v) is 7.56. The molecule has 0 saturated carbocycles. The smallest absolute Gasteiger partial charge is 0.250 e. The molecule has 22 heavy (non-hydrogen) atoms. The summed E-state index contributed by atoms with van der Waals surface area (Å²) in [6.45, 7) is 2.05. The van der Waals surface area contributed by atoms with Crippen molar-refractivity contribution in [1.82, 2.24) is 4.72 Å². The van der Waals surface area contributed by atoms with Gasteiger partial charge in [-0.05, 0) is 30.7 Å². The summed E-state index contributed by atoms with van der Waals surface area (Å²) in [5.41, 5.74) is 0.730. The molecule has 0 aliphatic rings. The first kappa shape index (κ1) is 16.6. The van der Waals surface area contributed by atoms with E-state index in [2.05, 4.69) is 16.6 Å². The lowest BCUT2D eigenvalue weighted by atomic mass is 10.2. The van der Waals surface area contributed by atoms with Crippen LogP contribution < -0.4 is 9.46 Å². The van der Waals surface area contributed by atoms with Crippen LogP contribution in [0.3, 0.4) is 0 Å². The van der Waals surface area contributed by atoms with Gasteiger partial charge in [0.1, 0.15) is 9.96 Å². The van der Waals surface area contributed by atoms with Gasteiger partial charge in [0.15, 0.2) is 0 Å². The molecule has 0 atom stereocenters. The van der Waals surface area contributed by atoms with Crippen molar-refractivity contribution in [2.45, 2.75) is 17.6 Å². The molecule has 2 aromatic rings. The number of rotatable bonds is 5. The summed E-state index contributed by atoms with van der Waals surface area (Å²) in [5, 5.41) is 0. The normalized spacial score (nSPS) is 10.8.